The number of ether oxygens (including phenoxy) is 1. The molecule has 0 aliphatic rings. The molecule has 1 aromatic rings. The van der Waals surface area contributed by atoms with Crippen molar-refractivity contribution in [2.45, 2.75) is 73.3 Å². The van der Waals surface area contributed by atoms with Crippen LogP contribution in [-0.2, 0) is 9.53 Å². The molecule has 1 unspecified atom stereocenters. The first-order valence-electron chi connectivity index (χ1n) is 12.9. The van der Waals surface area contributed by atoms with E-state index in [1.54, 1.807) is 6.08 Å². The average Bonchev–Trinajstić information content (AvgIpc) is 3.30. The van der Waals surface area contributed by atoms with Crippen LogP contribution in [0.5, 0.6) is 0 Å². The fourth-order valence-electron chi connectivity index (χ4n) is 3.21. The quantitative estimate of drug-likeness (QED) is 0.108. The number of esters is 1. The van der Waals surface area contributed by atoms with Gasteiger partial charge in [-0.2, -0.15) is 0 Å². The zero-order valence-electron chi connectivity index (χ0n) is 23.2. The molecular formula is C30H44N2O5. The summed E-state index contributed by atoms with van der Waals surface area (Å²) < 4.78 is 10.7. The summed E-state index contributed by atoms with van der Waals surface area (Å²) in [5, 5.41) is 20.3. The standard InChI is InChI=1S/C30H44N2O5/c1-8-9-12-24(6)30(35)37-19-23(5)13-14-25(7)31-15-10-11-22(4)16-26(33)17-27(34)18-29-32-28(20-36-29)21(2)3/h10-11,13-14,16,18,20,23-24,26,33-34H,2,8-9,12,15,17,19H2,1,3-7H3/b11-10+,14-13+,22-16+,27-18+,31-25+/t23-,24?,26-/m1/s1. The number of carbonyl (C=O) groups excluding carboxylic acids is 1. The minimum absolute atomic E-state index is 0.0299. The van der Waals surface area contributed by atoms with Crippen LogP contribution in [0, 0.1) is 11.8 Å². The Hall–Kier alpha value is -3.19. The maximum absolute atomic E-state index is 12.0. The van der Waals surface area contributed by atoms with Gasteiger partial charge in [-0.3, -0.25) is 9.79 Å². The first-order valence-corrected chi connectivity index (χ1v) is 12.9. The third kappa shape index (κ3) is 14.2. The van der Waals surface area contributed by atoms with Crippen LogP contribution in [-0.4, -0.2) is 46.1 Å². The van der Waals surface area contributed by atoms with Gasteiger partial charge < -0.3 is 19.4 Å². The lowest BCUT2D eigenvalue weighted by Gasteiger charge is -2.12. The molecule has 0 saturated heterocycles. The van der Waals surface area contributed by atoms with Crippen molar-refractivity contribution < 1.29 is 24.2 Å². The second kappa shape index (κ2) is 17.3. The summed E-state index contributed by atoms with van der Waals surface area (Å²) in [6, 6.07) is 0. The fraction of sp³-hybridized carbons (Fsp3) is 0.500. The first-order chi connectivity index (χ1) is 17.5. The molecule has 0 radical (unpaired) electrons. The molecular weight excluding hydrogens is 468 g/mol. The number of carbonyl (C=O) groups is 1. The van der Waals surface area contributed by atoms with Crippen molar-refractivity contribution in [1.29, 1.82) is 0 Å². The summed E-state index contributed by atoms with van der Waals surface area (Å²) in [6.07, 6.45) is 14.4. The summed E-state index contributed by atoms with van der Waals surface area (Å²) in [5.41, 5.74) is 3.12. The summed E-state index contributed by atoms with van der Waals surface area (Å²) in [6.45, 7) is 16.3. The van der Waals surface area contributed by atoms with Gasteiger partial charge in [-0.15, -0.1) is 0 Å². The lowest BCUT2D eigenvalue weighted by Crippen LogP contribution is -2.17. The lowest BCUT2D eigenvalue weighted by atomic mass is 10.0. The Morgan fingerprint density at radius 1 is 1.27 bits per heavy atom. The number of oxazole rings is 1. The number of rotatable bonds is 16. The van der Waals surface area contributed by atoms with Crippen LogP contribution < -0.4 is 0 Å². The predicted molar refractivity (Wildman–Crippen MR) is 151 cm³/mol. The monoisotopic (exact) mass is 512 g/mol. The van der Waals surface area contributed by atoms with Crippen LogP contribution in [0.3, 0.4) is 0 Å². The van der Waals surface area contributed by atoms with Gasteiger partial charge in [0.1, 0.15) is 17.7 Å². The second-order valence-electron chi connectivity index (χ2n) is 9.56. The number of allylic oxidation sites excluding steroid dienone is 4. The molecule has 37 heavy (non-hydrogen) atoms. The summed E-state index contributed by atoms with van der Waals surface area (Å²) in [7, 11) is 0. The van der Waals surface area contributed by atoms with Gasteiger partial charge in [0.2, 0.25) is 5.89 Å². The van der Waals surface area contributed by atoms with Crippen LogP contribution in [0.25, 0.3) is 11.6 Å². The highest BCUT2D eigenvalue weighted by molar-refractivity contribution is 5.92. The second-order valence-corrected chi connectivity index (χ2v) is 9.56. The molecule has 204 valence electrons. The molecule has 1 rings (SSSR count). The van der Waals surface area contributed by atoms with E-state index in [1.807, 2.05) is 58.9 Å². The van der Waals surface area contributed by atoms with E-state index in [1.165, 1.54) is 12.3 Å². The highest BCUT2D eigenvalue weighted by atomic mass is 16.5. The van der Waals surface area contributed by atoms with Crippen LogP contribution in [0.15, 0.2) is 64.0 Å². The van der Waals surface area contributed by atoms with Gasteiger partial charge in [0.05, 0.1) is 25.2 Å². The summed E-state index contributed by atoms with van der Waals surface area (Å²) in [4.78, 5) is 20.7. The number of aromatic nitrogens is 1. The van der Waals surface area contributed by atoms with Crippen molar-refractivity contribution in [1.82, 2.24) is 4.98 Å². The van der Waals surface area contributed by atoms with E-state index in [2.05, 4.69) is 23.5 Å². The number of nitrogens with zero attached hydrogens (tertiary/aromatic N) is 2. The smallest absolute Gasteiger partial charge is 0.308 e. The number of aliphatic hydroxyl groups excluding tert-OH is 2. The van der Waals surface area contributed by atoms with Crippen LogP contribution >= 0.6 is 0 Å². The van der Waals surface area contributed by atoms with E-state index in [0.717, 1.165) is 36.1 Å². The van der Waals surface area contributed by atoms with Crippen molar-refractivity contribution in [3.8, 4) is 0 Å². The number of aliphatic imine (C=N–C) groups is 1. The summed E-state index contributed by atoms with van der Waals surface area (Å²) in [5.74, 6) is 0.157. The first kappa shape index (κ1) is 31.8. The molecule has 0 spiro atoms. The molecule has 2 N–H and O–H groups in total. The van der Waals surface area contributed by atoms with Crippen LogP contribution in [0.4, 0.5) is 0 Å². The van der Waals surface area contributed by atoms with Gasteiger partial charge in [-0.25, -0.2) is 4.98 Å². The van der Waals surface area contributed by atoms with Gasteiger partial charge in [0.25, 0.3) is 0 Å². The Labute approximate surface area is 222 Å². The Balaban J connectivity index is 2.45. The van der Waals surface area contributed by atoms with Crippen molar-refractivity contribution in [3.63, 3.8) is 0 Å². The number of aliphatic hydroxyl groups is 2. The maximum Gasteiger partial charge on any atom is 0.308 e. The fourth-order valence-corrected chi connectivity index (χ4v) is 3.21. The van der Waals surface area contributed by atoms with Crippen molar-refractivity contribution >= 4 is 23.3 Å². The Morgan fingerprint density at radius 2 is 2.00 bits per heavy atom. The Bertz CT molecular complexity index is 1010. The Kier molecular flexibility index (Phi) is 14.9. The normalized spacial score (nSPS) is 15.8. The van der Waals surface area contributed by atoms with Gasteiger partial charge in [0, 0.05) is 24.1 Å². The Morgan fingerprint density at radius 3 is 2.65 bits per heavy atom. The number of hydrogen-bond acceptors (Lipinski definition) is 7. The highest BCUT2D eigenvalue weighted by Crippen LogP contribution is 2.15. The predicted octanol–water partition coefficient (Wildman–Crippen LogP) is 6.88. The van der Waals surface area contributed by atoms with Gasteiger partial charge >= 0.3 is 5.97 Å². The largest absolute Gasteiger partial charge is 0.512 e. The SMILES string of the molecule is C=C(C)c1coc(/C=C(/O)C[C@H](O)/C=C(C)/C=C/C/N=C(C)/C=C/[C@@H](C)COC(=O)C(C)CCCC)n1. The number of hydrogen-bond donors (Lipinski definition) is 2. The van der Waals surface area contributed by atoms with Crippen molar-refractivity contribution in [3.05, 3.63) is 66.1 Å². The van der Waals surface area contributed by atoms with E-state index in [0.29, 0.717) is 18.8 Å². The zero-order valence-corrected chi connectivity index (χ0v) is 23.2. The topological polar surface area (TPSA) is 105 Å². The molecule has 0 bridgehead atoms. The molecule has 7 nitrogen and oxygen atoms in total. The third-order valence-electron chi connectivity index (χ3n) is 5.50. The maximum atomic E-state index is 12.0. The van der Waals surface area contributed by atoms with Crippen LogP contribution in [0.2, 0.25) is 0 Å². The molecule has 7 heteroatoms. The molecule has 1 heterocycles. The van der Waals surface area contributed by atoms with Gasteiger partial charge in [-0.1, -0.05) is 70.1 Å². The highest BCUT2D eigenvalue weighted by Gasteiger charge is 2.14. The minimum Gasteiger partial charge on any atom is -0.512 e. The average molecular weight is 513 g/mol. The molecule has 0 aliphatic carbocycles. The lowest BCUT2D eigenvalue weighted by molar-refractivity contribution is -0.149. The molecule has 3 atom stereocenters. The van der Waals surface area contributed by atoms with Gasteiger partial charge in [-0.05, 0) is 38.8 Å². The van der Waals surface area contributed by atoms with Crippen molar-refractivity contribution in [2.24, 2.45) is 16.8 Å². The van der Waals surface area contributed by atoms with Crippen LogP contribution in [0.1, 0.15) is 78.8 Å². The van der Waals surface area contributed by atoms with E-state index in [-0.39, 0.29) is 35.9 Å². The van der Waals surface area contributed by atoms with E-state index in [9.17, 15) is 15.0 Å². The molecule has 0 saturated carbocycles. The zero-order chi connectivity index (χ0) is 27.8. The molecule has 0 aromatic carbocycles. The molecule has 0 aliphatic heterocycles. The third-order valence-corrected chi connectivity index (χ3v) is 5.50. The van der Waals surface area contributed by atoms with Crippen molar-refractivity contribution in [2.75, 3.05) is 13.2 Å². The minimum atomic E-state index is -0.852. The van der Waals surface area contributed by atoms with E-state index >= 15 is 0 Å². The molecule has 0 amide bonds. The van der Waals surface area contributed by atoms with Gasteiger partial charge in [0.15, 0.2) is 0 Å². The summed E-state index contributed by atoms with van der Waals surface area (Å²) >= 11 is 0. The molecule has 0 fully saturated rings. The van der Waals surface area contributed by atoms with E-state index in [4.69, 9.17) is 9.15 Å². The molecule has 1 aromatic heterocycles. The van der Waals surface area contributed by atoms with E-state index < -0.39 is 6.10 Å². The number of unbranched alkanes of at least 4 members (excludes halogenated alkanes) is 1.